The Bertz CT molecular complexity index is 682. The summed E-state index contributed by atoms with van der Waals surface area (Å²) in [5.41, 5.74) is 1.63. The zero-order valence-electron chi connectivity index (χ0n) is 12.3. The lowest BCUT2D eigenvalue weighted by molar-refractivity contribution is 0.0636. The third-order valence-electron chi connectivity index (χ3n) is 2.61. The summed E-state index contributed by atoms with van der Waals surface area (Å²) < 4.78 is 5.17. The fourth-order valence-electron chi connectivity index (χ4n) is 1.77. The maximum absolute atomic E-state index is 11.6. The van der Waals surface area contributed by atoms with Crippen molar-refractivity contribution in [2.45, 2.75) is 26.4 Å². The summed E-state index contributed by atoms with van der Waals surface area (Å²) in [7, 11) is 0. The first-order chi connectivity index (χ1) is 9.83. The number of anilines is 1. The largest absolute Gasteiger partial charge is 0.444 e. The van der Waals surface area contributed by atoms with Crippen LogP contribution in [0.5, 0.6) is 0 Å². The number of rotatable bonds is 2. The maximum Gasteiger partial charge on any atom is 0.412 e. The second kappa shape index (κ2) is 5.83. The molecule has 0 aliphatic carbocycles. The van der Waals surface area contributed by atoms with Crippen molar-refractivity contribution >= 4 is 11.8 Å². The Morgan fingerprint density at radius 3 is 2.38 bits per heavy atom. The molecule has 0 radical (unpaired) electrons. The number of hydrogen-bond acceptors (Lipinski definition) is 3. The van der Waals surface area contributed by atoms with E-state index in [0.29, 0.717) is 5.69 Å². The minimum Gasteiger partial charge on any atom is -0.444 e. The molecule has 2 rings (SSSR count). The van der Waals surface area contributed by atoms with Gasteiger partial charge in [-0.1, -0.05) is 12.1 Å². The van der Waals surface area contributed by atoms with E-state index in [2.05, 4.69) is 10.3 Å². The fourth-order valence-corrected chi connectivity index (χ4v) is 1.77. The lowest BCUT2D eigenvalue weighted by atomic mass is 10.1. The van der Waals surface area contributed by atoms with Gasteiger partial charge < -0.3 is 9.72 Å². The molecule has 0 atom stereocenters. The standard InChI is InChI=1S/C16H18N2O3/c1-16(2,3)21-15(20)18-12-6-4-11(5-7-12)14-10-13(19)8-9-17-14/h4-10H,1-3H3,(H,17,19)(H,18,20). The van der Waals surface area contributed by atoms with Gasteiger partial charge in [-0.25, -0.2) is 4.79 Å². The van der Waals surface area contributed by atoms with Crippen LogP contribution in [0.1, 0.15) is 20.8 Å². The first-order valence-electron chi connectivity index (χ1n) is 6.63. The highest BCUT2D eigenvalue weighted by molar-refractivity contribution is 5.85. The highest BCUT2D eigenvalue weighted by atomic mass is 16.6. The van der Waals surface area contributed by atoms with Crippen LogP contribution < -0.4 is 10.7 Å². The van der Waals surface area contributed by atoms with E-state index in [0.717, 1.165) is 11.3 Å². The summed E-state index contributed by atoms with van der Waals surface area (Å²) >= 11 is 0. The van der Waals surface area contributed by atoms with Gasteiger partial charge in [-0.3, -0.25) is 10.1 Å². The van der Waals surface area contributed by atoms with Crippen molar-refractivity contribution in [3.63, 3.8) is 0 Å². The number of carbonyl (C=O) groups excluding carboxylic acids is 1. The highest BCUT2D eigenvalue weighted by Crippen LogP contribution is 2.18. The number of pyridine rings is 1. The molecule has 5 heteroatoms. The van der Waals surface area contributed by atoms with Gasteiger partial charge in [0.2, 0.25) is 0 Å². The van der Waals surface area contributed by atoms with E-state index in [9.17, 15) is 9.59 Å². The molecule has 2 aromatic rings. The van der Waals surface area contributed by atoms with Crippen molar-refractivity contribution in [2.24, 2.45) is 0 Å². The van der Waals surface area contributed by atoms with Crippen molar-refractivity contribution in [3.8, 4) is 11.3 Å². The zero-order chi connectivity index (χ0) is 15.5. The summed E-state index contributed by atoms with van der Waals surface area (Å²) in [4.78, 5) is 26.0. The predicted octanol–water partition coefficient (Wildman–Crippen LogP) is 3.39. The van der Waals surface area contributed by atoms with Gasteiger partial charge in [0.15, 0.2) is 5.43 Å². The highest BCUT2D eigenvalue weighted by Gasteiger charge is 2.16. The number of H-pyrrole nitrogens is 1. The van der Waals surface area contributed by atoms with E-state index < -0.39 is 11.7 Å². The second-order valence-electron chi connectivity index (χ2n) is 5.64. The number of aromatic amines is 1. The van der Waals surface area contributed by atoms with Gasteiger partial charge in [0.25, 0.3) is 0 Å². The second-order valence-corrected chi connectivity index (χ2v) is 5.64. The quantitative estimate of drug-likeness (QED) is 0.889. The molecule has 1 amide bonds. The Hall–Kier alpha value is -2.56. The molecule has 110 valence electrons. The monoisotopic (exact) mass is 286 g/mol. The van der Waals surface area contributed by atoms with Gasteiger partial charge in [-0.15, -0.1) is 0 Å². The van der Waals surface area contributed by atoms with E-state index >= 15 is 0 Å². The first kappa shape index (κ1) is 14.8. The van der Waals surface area contributed by atoms with Crippen LogP contribution in [0.15, 0.2) is 47.4 Å². The normalized spacial score (nSPS) is 11.0. The molecule has 0 unspecified atom stereocenters. The molecule has 5 nitrogen and oxygen atoms in total. The molecule has 0 fully saturated rings. The molecule has 21 heavy (non-hydrogen) atoms. The SMILES string of the molecule is CC(C)(C)OC(=O)Nc1ccc(-c2cc(=O)cc[nH]2)cc1. The van der Waals surface area contributed by atoms with Crippen LogP contribution in [0.25, 0.3) is 11.3 Å². The van der Waals surface area contributed by atoms with Crippen LogP contribution in [0.3, 0.4) is 0 Å². The number of ether oxygens (including phenoxy) is 1. The fraction of sp³-hybridized carbons (Fsp3) is 0.250. The van der Waals surface area contributed by atoms with Crippen molar-refractivity contribution in [1.82, 2.24) is 4.98 Å². The van der Waals surface area contributed by atoms with Crippen LogP contribution in [0, 0.1) is 0 Å². The molecular weight excluding hydrogens is 268 g/mol. The summed E-state index contributed by atoms with van der Waals surface area (Å²) in [5.74, 6) is 0. The van der Waals surface area contributed by atoms with Gasteiger partial charge in [0.05, 0.1) is 0 Å². The number of amides is 1. The first-order valence-corrected chi connectivity index (χ1v) is 6.63. The van der Waals surface area contributed by atoms with Crippen LogP contribution in [0.2, 0.25) is 0 Å². The average molecular weight is 286 g/mol. The Morgan fingerprint density at radius 2 is 1.81 bits per heavy atom. The van der Waals surface area contributed by atoms with E-state index in [1.165, 1.54) is 12.1 Å². The Morgan fingerprint density at radius 1 is 1.14 bits per heavy atom. The Labute approximate surface area is 123 Å². The van der Waals surface area contributed by atoms with Crippen LogP contribution in [-0.2, 0) is 4.74 Å². The molecule has 0 spiro atoms. The van der Waals surface area contributed by atoms with Crippen molar-refractivity contribution in [3.05, 3.63) is 52.8 Å². The summed E-state index contributed by atoms with van der Waals surface area (Å²) in [6, 6.07) is 10.1. The maximum atomic E-state index is 11.6. The van der Waals surface area contributed by atoms with E-state index in [4.69, 9.17) is 4.74 Å². The minimum absolute atomic E-state index is 0.0558. The van der Waals surface area contributed by atoms with Gasteiger partial charge in [-0.05, 0) is 38.5 Å². The molecular formula is C16H18N2O3. The molecule has 0 aliphatic heterocycles. The lowest BCUT2D eigenvalue weighted by Gasteiger charge is -2.19. The van der Waals surface area contributed by atoms with Gasteiger partial charge in [-0.2, -0.15) is 0 Å². The number of hydrogen-bond donors (Lipinski definition) is 2. The minimum atomic E-state index is -0.534. The molecule has 2 N–H and O–H groups in total. The van der Waals surface area contributed by atoms with Crippen LogP contribution in [0.4, 0.5) is 10.5 Å². The average Bonchev–Trinajstić information content (AvgIpc) is 2.37. The third-order valence-corrected chi connectivity index (χ3v) is 2.61. The summed E-state index contributed by atoms with van der Waals surface area (Å²) in [6.07, 6.45) is 1.10. The molecule has 1 aromatic heterocycles. The molecule has 1 heterocycles. The molecule has 0 saturated heterocycles. The number of benzene rings is 1. The van der Waals surface area contributed by atoms with Gasteiger partial charge in [0, 0.05) is 29.7 Å². The van der Waals surface area contributed by atoms with E-state index in [1.807, 2.05) is 12.1 Å². The molecule has 0 saturated carbocycles. The molecule has 0 aliphatic rings. The molecule has 0 bridgehead atoms. The van der Waals surface area contributed by atoms with Gasteiger partial charge in [0.1, 0.15) is 5.60 Å². The Balaban J connectivity index is 2.09. The van der Waals surface area contributed by atoms with Gasteiger partial charge >= 0.3 is 6.09 Å². The number of aromatic nitrogens is 1. The van der Waals surface area contributed by atoms with Crippen molar-refractivity contribution < 1.29 is 9.53 Å². The number of nitrogens with one attached hydrogen (secondary N) is 2. The summed E-state index contributed by atoms with van der Waals surface area (Å²) in [6.45, 7) is 5.42. The van der Waals surface area contributed by atoms with Crippen LogP contribution in [-0.4, -0.2) is 16.7 Å². The van der Waals surface area contributed by atoms with E-state index in [-0.39, 0.29) is 5.43 Å². The Kier molecular flexibility index (Phi) is 4.12. The topological polar surface area (TPSA) is 71.2 Å². The van der Waals surface area contributed by atoms with Crippen LogP contribution >= 0.6 is 0 Å². The molecule has 1 aromatic carbocycles. The lowest BCUT2D eigenvalue weighted by Crippen LogP contribution is -2.27. The zero-order valence-corrected chi connectivity index (χ0v) is 12.3. The summed E-state index contributed by atoms with van der Waals surface area (Å²) in [5, 5.41) is 2.66. The predicted molar refractivity (Wildman–Crippen MR) is 82.4 cm³/mol. The third kappa shape index (κ3) is 4.49. The number of carbonyl (C=O) groups is 1. The smallest absolute Gasteiger partial charge is 0.412 e. The van der Waals surface area contributed by atoms with E-state index in [1.54, 1.807) is 39.1 Å². The van der Waals surface area contributed by atoms with Crippen molar-refractivity contribution in [1.29, 1.82) is 0 Å². The van der Waals surface area contributed by atoms with Crippen molar-refractivity contribution in [2.75, 3.05) is 5.32 Å².